The molecule has 0 spiro atoms. The molecule has 1 atom stereocenters. The number of aromatic nitrogens is 3. The number of halogens is 1. The standard InChI is InChI=1S/C24H24FN5O3S/c1-14(21-12-34-15(2)28-21)27-24(32)19-8-18(29-22(31)11-33-3)9-20-23(19)30(13-26-20)10-16-4-6-17(25)7-5-16/h4-9,12-14H,10-11H2,1-3H3,(H,27,32)(H,29,31). The largest absolute Gasteiger partial charge is 0.375 e. The summed E-state index contributed by atoms with van der Waals surface area (Å²) < 4.78 is 20.0. The van der Waals surface area contributed by atoms with E-state index < -0.39 is 0 Å². The van der Waals surface area contributed by atoms with Gasteiger partial charge in [0.15, 0.2) is 0 Å². The fourth-order valence-electron chi connectivity index (χ4n) is 3.62. The second-order valence-electron chi connectivity index (χ2n) is 7.86. The van der Waals surface area contributed by atoms with E-state index >= 15 is 0 Å². The Kier molecular flexibility index (Phi) is 6.99. The van der Waals surface area contributed by atoms with Crippen molar-refractivity contribution in [1.82, 2.24) is 19.9 Å². The summed E-state index contributed by atoms with van der Waals surface area (Å²) >= 11 is 1.52. The number of aryl methyl sites for hydroxylation is 1. The lowest BCUT2D eigenvalue weighted by atomic mass is 10.1. The number of fused-ring (bicyclic) bond motifs is 1. The maximum atomic E-state index is 13.4. The first-order valence-corrected chi connectivity index (χ1v) is 11.5. The first kappa shape index (κ1) is 23.5. The number of benzene rings is 2. The van der Waals surface area contributed by atoms with Crippen LogP contribution in [0.5, 0.6) is 0 Å². The average molecular weight is 482 g/mol. The van der Waals surface area contributed by atoms with Crippen LogP contribution < -0.4 is 10.6 Å². The minimum atomic E-state index is -0.342. The molecule has 8 nitrogen and oxygen atoms in total. The molecule has 0 bridgehead atoms. The van der Waals surface area contributed by atoms with E-state index in [-0.39, 0.29) is 30.3 Å². The number of carbonyl (C=O) groups excluding carboxylic acids is 2. The smallest absolute Gasteiger partial charge is 0.254 e. The molecule has 4 aromatic rings. The SMILES string of the molecule is COCC(=O)Nc1cc(C(=O)NC(C)c2csc(C)n2)c2c(c1)ncn2Cc1ccc(F)cc1. The van der Waals surface area contributed by atoms with E-state index in [4.69, 9.17) is 4.74 Å². The summed E-state index contributed by atoms with van der Waals surface area (Å²) in [4.78, 5) is 34.4. The summed E-state index contributed by atoms with van der Waals surface area (Å²) in [6.07, 6.45) is 1.62. The fourth-order valence-corrected chi connectivity index (χ4v) is 4.32. The van der Waals surface area contributed by atoms with Gasteiger partial charge in [-0.3, -0.25) is 9.59 Å². The van der Waals surface area contributed by atoms with Gasteiger partial charge in [-0.25, -0.2) is 14.4 Å². The van der Waals surface area contributed by atoms with E-state index in [2.05, 4.69) is 20.6 Å². The molecule has 2 amide bonds. The number of ether oxygens (including phenoxy) is 1. The van der Waals surface area contributed by atoms with Crippen LogP contribution in [0, 0.1) is 12.7 Å². The molecule has 0 saturated carbocycles. The molecule has 4 rings (SSSR count). The second-order valence-corrected chi connectivity index (χ2v) is 8.92. The first-order chi connectivity index (χ1) is 16.3. The van der Waals surface area contributed by atoms with Gasteiger partial charge < -0.3 is 19.9 Å². The van der Waals surface area contributed by atoms with Crippen LogP contribution in [0.25, 0.3) is 11.0 Å². The van der Waals surface area contributed by atoms with Crippen LogP contribution in [-0.4, -0.2) is 40.1 Å². The van der Waals surface area contributed by atoms with Crippen molar-refractivity contribution in [2.24, 2.45) is 0 Å². The van der Waals surface area contributed by atoms with Crippen LogP contribution >= 0.6 is 11.3 Å². The molecule has 0 fully saturated rings. The zero-order valence-electron chi connectivity index (χ0n) is 19.0. The predicted molar refractivity (Wildman–Crippen MR) is 128 cm³/mol. The molecule has 0 aliphatic heterocycles. The van der Waals surface area contributed by atoms with Crippen molar-refractivity contribution in [3.05, 3.63) is 75.8 Å². The molecule has 2 N–H and O–H groups in total. The van der Waals surface area contributed by atoms with Crippen molar-refractivity contribution in [3.63, 3.8) is 0 Å². The van der Waals surface area contributed by atoms with E-state index in [0.717, 1.165) is 16.3 Å². The number of methoxy groups -OCH3 is 1. The van der Waals surface area contributed by atoms with Crippen LogP contribution in [0.4, 0.5) is 10.1 Å². The molecule has 10 heteroatoms. The van der Waals surface area contributed by atoms with Crippen LogP contribution in [0.3, 0.4) is 0 Å². The van der Waals surface area contributed by atoms with E-state index in [1.165, 1.54) is 30.6 Å². The Labute approximate surface area is 199 Å². The van der Waals surface area contributed by atoms with Gasteiger partial charge in [0.05, 0.1) is 39.7 Å². The Morgan fingerprint density at radius 1 is 1.24 bits per heavy atom. The lowest BCUT2D eigenvalue weighted by Crippen LogP contribution is -2.27. The van der Waals surface area contributed by atoms with Crippen molar-refractivity contribution < 1.29 is 18.7 Å². The number of thiazole rings is 1. The highest BCUT2D eigenvalue weighted by atomic mass is 32.1. The van der Waals surface area contributed by atoms with Gasteiger partial charge in [0.25, 0.3) is 5.91 Å². The number of nitrogens with one attached hydrogen (secondary N) is 2. The number of amides is 2. The van der Waals surface area contributed by atoms with Gasteiger partial charge in [0.1, 0.15) is 12.4 Å². The summed E-state index contributed by atoms with van der Waals surface area (Å²) in [7, 11) is 1.43. The van der Waals surface area contributed by atoms with Crippen LogP contribution in [0.2, 0.25) is 0 Å². The number of rotatable bonds is 8. The number of carbonyl (C=O) groups is 2. The van der Waals surface area contributed by atoms with Gasteiger partial charge in [-0.2, -0.15) is 0 Å². The van der Waals surface area contributed by atoms with Gasteiger partial charge in [0, 0.05) is 24.7 Å². The molecule has 2 aromatic carbocycles. The minimum absolute atomic E-state index is 0.112. The van der Waals surface area contributed by atoms with Gasteiger partial charge in [-0.05, 0) is 43.7 Å². The molecular weight excluding hydrogens is 457 g/mol. The molecule has 0 aliphatic carbocycles. The summed E-state index contributed by atoms with van der Waals surface area (Å²) in [6.45, 7) is 4.06. The molecule has 176 valence electrons. The second kappa shape index (κ2) is 10.1. The zero-order valence-corrected chi connectivity index (χ0v) is 19.8. The van der Waals surface area contributed by atoms with Crippen molar-refractivity contribution in [2.45, 2.75) is 26.4 Å². The van der Waals surface area contributed by atoms with Crippen LogP contribution in [0.15, 0.2) is 48.1 Å². The van der Waals surface area contributed by atoms with E-state index in [0.29, 0.717) is 28.8 Å². The highest BCUT2D eigenvalue weighted by Crippen LogP contribution is 2.26. The highest BCUT2D eigenvalue weighted by molar-refractivity contribution is 7.09. The lowest BCUT2D eigenvalue weighted by Gasteiger charge is -2.15. The van der Waals surface area contributed by atoms with E-state index in [1.54, 1.807) is 30.6 Å². The quantitative estimate of drug-likeness (QED) is 0.395. The molecular formula is C24H24FN5O3S. The molecule has 2 heterocycles. The third-order valence-corrected chi connectivity index (χ3v) is 6.00. The van der Waals surface area contributed by atoms with Gasteiger partial charge in [0.2, 0.25) is 5.91 Å². The maximum absolute atomic E-state index is 13.4. The fraction of sp³-hybridized carbons (Fsp3) is 0.250. The third-order valence-electron chi connectivity index (χ3n) is 5.21. The molecule has 1 unspecified atom stereocenters. The average Bonchev–Trinajstić information content (AvgIpc) is 3.41. The molecule has 0 radical (unpaired) electrons. The van der Waals surface area contributed by atoms with Crippen molar-refractivity contribution >= 4 is 39.9 Å². The van der Waals surface area contributed by atoms with Crippen molar-refractivity contribution in [3.8, 4) is 0 Å². The normalized spacial score (nSPS) is 12.0. The Hall–Kier alpha value is -3.63. The third kappa shape index (κ3) is 5.29. The predicted octanol–water partition coefficient (Wildman–Crippen LogP) is 4.06. The Bertz CT molecular complexity index is 1330. The number of anilines is 1. The first-order valence-electron chi connectivity index (χ1n) is 10.6. The lowest BCUT2D eigenvalue weighted by molar-refractivity contribution is -0.119. The number of hydrogen-bond donors (Lipinski definition) is 2. The monoisotopic (exact) mass is 481 g/mol. The molecule has 2 aromatic heterocycles. The molecule has 0 aliphatic rings. The van der Waals surface area contributed by atoms with Crippen molar-refractivity contribution in [2.75, 3.05) is 19.0 Å². The summed E-state index contributed by atoms with van der Waals surface area (Å²) in [5, 5.41) is 8.56. The number of imidazole rings is 1. The molecule has 34 heavy (non-hydrogen) atoms. The van der Waals surface area contributed by atoms with Crippen molar-refractivity contribution in [1.29, 1.82) is 0 Å². The van der Waals surface area contributed by atoms with E-state index in [9.17, 15) is 14.0 Å². The summed E-state index contributed by atoms with van der Waals surface area (Å²) in [5.41, 5.74) is 3.56. The number of nitrogens with zero attached hydrogens (tertiary/aromatic N) is 3. The summed E-state index contributed by atoms with van der Waals surface area (Å²) in [6, 6.07) is 9.17. The van der Waals surface area contributed by atoms with Crippen LogP contribution in [0.1, 0.15) is 39.6 Å². The summed E-state index contributed by atoms with van der Waals surface area (Å²) in [5.74, 6) is -0.987. The highest BCUT2D eigenvalue weighted by Gasteiger charge is 2.20. The Morgan fingerprint density at radius 2 is 2.00 bits per heavy atom. The van der Waals surface area contributed by atoms with Gasteiger partial charge >= 0.3 is 0 Å². The number of hydrogen-bond acceptors (Lipinski definition) is 6. The van der Waals surface area contributed by atoms with E-state index in [1.807, 2.05) is 23.8 Å². The Morgan fingerprint density at radius 3 is 2.68 bits per heavy atom. The van der Waals surface area contributed by atoms with Gasteiger partial charge in [-0.15, -0.1) is 11.3 Å². The maximum Gasteiger partial charge on any atom is 0.254 e. The minimum Gasteiger partial charge on any atom is -0.375 e. The zero-order chi connectivity index (χ0) is 24.2. The van der Waals surface area contributed by atoms with Gasteiger partial charge in [-0.1, -0.05) is 12.1 Å². The Balaban J connectivity index is 1.71. The van der Waals surface area contributed by atoms with Crippen LogP contribution in [-0.2, 0) is 16.1 Å². The molecule has 0 saturated heterocycles. The topological polar surface area (TPSA) is 98.1 Å².